The molecular formula is C14H20FN3O. The lowest BCUT2D eigenvalue weighted by Crippen LogP contribution is -2.36. The second-order valence-corrected chi connectivity index (χ2v) is 4.94. The summed E-state index contributed by atoms with van der Waals surface area (Å²) in [6.07, 6.45) is 4.38. The minimum absolute atomic E-state index is 0.00436. The predicted molar refractivity (Wildman–Crippen MR) is 74.1 cm³/mol. The van der Waals surface area contributed by atoms with Crippen molar-refractivity contribution in [3.05, 3.63) is 29.6 Å². The minimum Gasteiger partial charge on any atom is -0.395 e. The molecule has 0 heterocycles. The van der Waals surface area contributed by atoms with Crippen molar-refractivity contribution >= 4 is 11.5 Å². The number of anilines is 1. The van der Waals surface area contributed by atoms with Gasteiger partial charge in [-0.15, -0.1) is 0 Å². The summed E-state index contributed by atoms with van der Waals surface area (Å²) in [5.74, 6) is -0.520. The molecule has 0 atom stereocenters. The van der Waals surface area contributed by atoms with Gasteiger partial charge < -0.3 is 15.7 Å². The van der Waals surface area contributed by atoms with E-state index in [9.17, 15) is 9.50 Å². The molecule has 1 aromatic rings. The Morgan fingerprint density at radius 1 is 1.42 bits per heavy atom. The van der Waals surface area contributed by atoms with E-state index in [-0.39, 0.29) is 18.3 Å². The van der Waals surface area contributed by atoms with Crippen LogP contribution in [-0.4, -0.2) is 30.1 Å². The lowest BCUT2D eigenvalue weighted by molar-refractivity contribution is 0.296. The highest BCUT2D eigenvalue weighted by Crippen LogP contribution is 2.30. The van der Waals surface area contributed by atoms with Crippen LogP contribution in [-0.2, 0) is 0 Å². The van der Waals surface area contributed by atoms with Gasteiger partial charge >= 0.3 is 0 Å². The zero-order valence-electron chi connectivity index (χ0n) is 10.9. The predicted octanol–water partition coefficient (Wildman–Crippen LogP) is 1.85. The van der Waals surface area contributed by atoms with Crippen LogP contribution in [0.15, 0.2) is 18.2 Å². The number of nitrogens with one attached hydrogen (secondary N) is 1. The smallest absolute Gasteiger partial charge is 0.147 e. The van der Waals surface area contributed by atoms with Gasteiger partial charge in [-0.1, -0.05) is 12.8 Å². The molecule has 0 unspecified atom stereocenters. The highest BCUT2D eigenvalue weighted by Gasteiger charge is 2.24. The van der Waals surface area contributed by atoms with Gasteiger partial charge in [0.05, 0.1) is 12.3 Å². The van der Waals surface area contributed by atoms with E-state index in [1.54, 1.807) is 12.1 Å². The van der Waals surface area contributed by atoms with E-state index in [1.165, 1.54) is 6.07 Å². The molecule has 4 N–H and O–H groups in total. The van der Waals surface area contributed by atoms with Gasteiger partial charge in [0.2, 0.25) is 0 Å². The Kier molecular flexibility index (Phi) is 4.37. The molecule has 19 heavy (non-hydrogen) atoms. The van der Waals surface area contributed by atoms with Gasteiger partial charge in [-0.25, -0.2) is 4.39 Å². The van der Waals surface area contributed by atoms with Crippen molar-refractivity contribution in [2.45, 2.75) is 31.7 Å². The lowest BCUT2D eigenvalue weighted by atomic mass is 10.1. The van der Waals surface area contributed by atoms with Gasteiger partial charge in [0, 0.05) is 18.2 Å². The maximum absolute atomic E-state index is 14.2. The Morgan fingerprint density at radius 3 is 2.63 bits per heavy atom. The number of nitrogen functional groups attached to an aromatic ring is 1. The van der Waals surface area contributed by atoms with Crippen LogP contribution in [0.25, 0.3) is 0 Å². The summed E-state index contributed by atoms with van der Waals surface area (Å²) in [7, 11) is 0. The van der Waals surface area contributed by atoms with Gasteiger partial charge in [-0.2, -0.15) is 0 Å². The first-order valence-corrected chi connectivity index (χ1v) is 6.65. The SMILES string of the molecule is N=C(N)c1ccc(N(CCO)C2CCCC2)c(F)c1. The van der Waals surface area contributed by atoms with Crippen LogP contribution in [0.2, 0.25) is 0 Å². The van der Waals surface area contributed by atoms with Gasteiger partial charge in [0.25, 0.3) is 0 Å². The summed E-state index contributed by atoms with van der Waals surface area (Å²) < 4.78 is 14.2. The molecule has 0 amide bonds. The molecule has 0 saturated heterocycles. The second-order valence-electron chi connectivity index (χ2n) is 4.94. The molecule has 2 rings (SSSR count). The Hall–Kier alpha value is -1.62. The number of nitrogens with zero attached hydrogens (tertiary/aromatic N) is 1. The third-order valence-corrected chi connectivity index (χ3v) is 3.67. The quantitative estimate of drug-likeness (QED) is 0.562. The minimum atomic E-state index is -0.381. The molecule has 0 radical (unpaired) electrons. The van der Waals surface area contributed by atoms with Crippen LogP contribution >= 0.6 is 0 Å². The van der Waals surface area contributed by atoms with Gasteiger partial charge in [0.1, 0.15) is 11.7 Å². The highest BCUT2D eigenvalue weighted by molar-refractivity contribution is 5.95. The Bertz CT molecular complexity index is 458. The molecule has 0 spiro atoms. The van der Waals surface area contributed by atoms with E-state index in [0.29, 0.717) is 23.8 Å². The standard InChI is InChI=1S/C14H20FN3O/c15-12-9-10(14(16)17)5-6-13(12)18(7-8-19)11-3-1-2-4-11/h5-6,9,11,19H,1-4,7-8H2,(H3,16,17). The van der Waals surface area contributed by atoms with E-state index in [4.69, 9.17) is 11.1 Å². The maximum Gasteiger partial charge on any atom is 0.147 e. The molecular weight excluding hydrogens is 245 g/mol. The fourth-order valence-corrected chi connectivity index (χ4v) is 2.73. The van der Waals surface area contributed by atoms with E-state index in [1.807, 2.05) is 4.90 Å². The summed E-state index contributed by atoms with van der Waals surface area (Å²) in [5, 5.41) is 16.5. The van der Waals surface area contributed by atoms with E-state index >= 15 is 0 Å². The van der Waals surface area contributed by atoms with E-state index in [2.05, 4.69) is 0 Å². The molecule has 1 aliphatic carbocycles. The molecule has 5 heteroatoms. The zero-order chi connectivity index (χ0) is 13.8. The highest BCUT2D eigenvalue weighted by atomic mass is 19.1. The van der Waals surface area contributed by atoms with Crippen LogP contribution in [0.3, 0.4) is 0 Å². The number of aliphatic hydroxyl groups excluding tert-OH is 1. The van der Waals surface area contributed by atoms with Crippen molar-refractivity contribution in [1.29, 1.82) is 5.41 Å². The Balaban J connectivity index is 2.28. The molecule has 1 aliphatic rings. The topological polar surface area (TPSA) is 73.3 Å². The fraction of sp³-hybridized carbons (Fsp3) is 0.500. The number of halogens is 1. The molecule has 4 nitrogen and oxygen atoms in total. The first-order valence-electron chi connectivity index (χ1n) is 6.65. The number of amidine groups is 1. The normalized spacial score (nSPS) is 15.7. The number of rotatable bonds is 5. The van der Waals surface area contributed by atoms with Crippen molar-refractivity contribution in [2.24, 2.45) is 5.73 Å². The average Bonchev–Trinajstić information content (AvgIpc) is 2.90. The number of hydrogen-bond donors (Lipinski definition) is 3. The molecule has 1 fully saturated rings. The van der Waals surface area contributed by atoms with Crippen molar-refractivity contribution in [2.75, 3.05) is 18.1 Å². The van der Waals surface area contributed by atoms with Crippen LogP contribution in [0.5, 0.6) is 0 Å². The molecule has 0 aromatic heterocycles. The Morgan fingerprint density at radius 2 is 2.11 bits per heavy atom. The summed E-state index contributed by atoms with van der Waals surface area (Å²) in [6, 6.07) is 4.89. The van der Waals surface area contributed by atoms with Crippen LogP contribution in [0.1, 0.15) is 31.2 Å². The van der Waals surface area contributed by atoms with Crippen molar-refractivity contribution in [3.8, 4) is 0 Å². The van der Waals surface area contributed by atoms with Crippen molar-refractivity contribution in [1.82, 2.24) is 0 Å². The number of nitrogens with two attached hydrogens (primary N) is 1. The number of aliphatic hydroxyl groups is 1. The van der Waals surface area contributed by atoms with Crippen molar-refractivity contribution < 1.29 is 9.50 Å². The zero-order valence-corrected chi connectivity index (χ0v) is 10.9. The number of hydrogen-bond acceptors (Lipinski definition) is 3. The third kappa shape index (κ3) is 3.04. The largest absolute Gasteiger partial charge is 0.395 e. The lowest BCUT2D eigenvalue weighted by Gasteiger charge is -2.31. The average molecular weight is 265 g/mol. The number of benzene rings is 1. The maximum atomic E-state index is 14.2. The molecule has 0 aliphatic heterocycles. The molecule has 1 aromatic carbocycles. The van der Waals surface area contributed by atoms with Gasteiger partial charge in [-0.05, 0) is 31.0 Å². The molecule has 0 bridgehead atoms. The van der Waals surface area contributed by atoms with Crippen LogP contribution in [0.4, 0.5) is 10.1 Å². The fourth-order valence-electron chi connectivity index (χ4n) is 2.73. The van der Waals surface area contributed by atoms with E-state index in [0.717, 1.165) is 25.7 Å². The third-order valence-electron chi connectivity index (χ3n) is 3.67. The van der Waals surface area contributed by atoms with E-state index < -0.39 is 0 Å². The van der Waals surface area contributed by atoms with Gasteiger partial charge in [0.15, 0.2) is 0 Å². The van der Waals surface area contributed by atoms with Gasteiger partial charge in [-0.3, -0.25) is 5.41 Å². The van der Waals surface area contributed by atoms with Crippen LogP contribution < -0.4 is 10.6 Å². The molecule has 1 saturated carbocycles. The van der Waals surface area contributed by atoms with Crippen molar-refractivity contribution in [3.63, 3.8) is 0 Å². The Labute approximate surface area is 112 Å². The summed E-state index contributed by atoms with van der Waals surface area (Å²) >= 11 is 0. The first kappa shape index (κ1) is 13.8. The monoisotopic (exact) mass is 265 g/mol. The summed E-state index contributed by atoms with van der Waals surface area (Å²) in [5.41, 5.74) is 6.23. The molecule has 104 valence electrons. The summed E-state index contributed by atoms with van der Waals surface area (Å²) in [4.78, 5) is 1.94. The first-order chi connectivity index (χ1) is 9.13. The summed E-state index contributed by atoms with van der Waals surface area (Å²) in [6.45, 7) is 0.436. The second kappa shape index (κ2) is 6.02. The van der Waals surface area contributed by atoms with Crippen LogP contribution in [0, 0.1) is 11.2 Å².